The van der Waals surface area contributed by atoms with E-state index < -0.39 is 33.6 Å². The molecule has 0 amide bonds. The zero-order chi connectivity index (χ0) is 17.8. The number of aliphatic hydroxyl groups is 2. The number of rotatable bonds is 2. The monoisotopic (exact) mass is 341 g/mol. The lowest BCUT2D eigenvalue weighted by molar-refractivity contribution is -0.157. The predicted molar refractivity (Wildman–Crippen MR) is 91.0 cm³/mol. The molecule has 0 aliphatic carbocycles. The fourth-order valence-corrected chi connectivity index (χ4v) is 4.96. The van der Waals surface area contributed by atoms with Crippen LogP contribution in [0.15, 0.2) is 17.1 Å². The number of hydrogen-bond donors (Lipinski definition) is 3. The van der Waals surface area contributed by atoms with Crippen LogP contribution in [0.4, 0.5) is 5.82 Å². The van der Waals surface area contributed by atoms with Gasteiger partial charge in [-0.3, -0.25) is 4.57 Å². The van der Waals surface area contributed by atoms with E-state index in [0.717, 1.165) is 0 Å². The van der Waals surface area contributed by atoms with Gasteiger partial charge in [0.2, 0.25) is 0 Å². The van der Waals surface area contributed by atoms with E-state index in [4.69, 9.17) is 10.5 Å². The maximum atomic E-state index is 12.3. The van der Waals surface area contributed by atoms with Gasteiger partial charge in [-0.15, -0.1) is 0 Å². The minimum atomic E-state index is -1.34. The highest BCUT2D eigenvalue weighted by molar-refractivity contribution is 6.13. The second-order valence-corrected chi connectivity index (χ2v) is 9.27. The summed E-state index contributed by atoms with van der Waals surface area (Å²) in [6.45, 7) is 9.10. The quantitative estimate of drug-likeness (QED) is 0.595. The Hall–Kier alpha value is -1.22. The number of anilines is 1. The summed E-state index contributed by atoms with van der Waals surface area (Å²) in [7, 11) is 0.411. The zero-order valence-electron chi connectivity index (χ0n) is 14.6. The van der Waals surface area contributed by atoms with Gasteiger partial charge >= 0.3 is 5.69 Å². The Balaban J connectivity index is 2.72. The van der Waals surface area contributed by atoms with Crippen LogP contribution in [0, 0.1) is 10.8 Å². The fraction of sp³-hybridized carbons (Fsp3) is 0.733. The van der Waals surface area contributed by atoms with Crippen molar-refractivity contribution in [1.29, 1.82) is 0 Å². The summed E-state index contributed by atoms with van der Waals surface area (Å²) in [5, 5.41) is 20.3. The molecule has 2 heterocycles. The maximum Gasteiger partial charge on any atom is 0.351 e. The fourth-order valence-electron chi connectivity index (χ4n) is 3.95. The smallest absolute Gasteiger partial charge is 0.351 e. The van der Waals surface area contributed by atoms with Crippen LogP contribution < -0.4 is 11.4 Å². The molecule has 0 saturated carbocycles. The molecule has 0 radical (unpaired) electrons. The topological polar surface area (TPSA) is 111 Å². The Labute approximate surface area is 138 Å². The van der Waals surface area contributed by atoms with Gasteiger partial charge in [0, 0.05) is 11.6 Å². The average molecular weight is 341 g/mol. The number of nitrogens with two attached hydrogens (primary N) is 1. The summed E-state index contributed by atoms with van der Waals surface area (Å²) in [5.74, 6) is 0.136. The summed E-state index contributed by atoms with van der Waals surface area (Å²) in [4.78, 5) is 16.1. The number of aliphatic hydroxyl groups excluding tert-OH is 1. The zero-order valence-corrected chi connectivity index (χ0v) is 16.6. The number of nitrogen functional groups attached to an aromatic ring is 1. The number of aromatic nitrogens is 2. The van der Waals surface area contributed by atoms with Crippen molar-refractivity contribution in [2.24, 2.45) is 10.8 Å². The van der Waals surface area contributed by atoms with Crippen molar-refractivity contribution >= 4 is 16.1 Å². The number of ether oxygens (including phenoxy) is 1. The van der Waals surface area contributed by atoms with Gasteiger partial charge in [-0.05, 0) is 11.5 Å². The summed E-state index contributed by atoms with van der Waals surface area (Å²) in [6, 6.07) is 1.53. The van der Waals surface area contributed by atoms with Gasteiger partial charge in [0.25, 0.3) is 0 Å². The molecule has 1 fully saturated rings. The van der Waals surface area contributed by atoms with E-state index in [1.165, 1.54) is 10.6 Å². The molecule has 8 heteroatoms. The summed E-state index contributed by atoms with van der Waals surface area (Å²) in [5.41, 5.74) is 2.31. The molecule has 0 bridgehead atoms. The Morgan fingerprint density at radius 2 is 2.04 bits per heavy atom. The van der Waals surface area contributed by atoms with Crippen LogP contribution in [0.25, 0.3) is 0 Å². The van der Waals surface area contributed by atoms with Gasteiger partial charge in [0.15, 0.2) is 0 Å². The molecule has 0 spiro atoms. The van der Waals surface area contributed by atoms with Crippen LogP contribution in [0.3, 0.4) is 0 Å². The first kappa shape index (κ1) is 18.1. The van der Waals surface area contributed by atoms with E-state index >= 15 is 0 Å². The van der Waals surface area contributed by atoms with Gasteiger partial charge in [-0.2, -0.15) is 4.98 Å². The van der Waals surface area contributed by atoms with E-state index in [1.54, 1.807) is 6.20 Å². The summed E-state index contributed by atoms with van der Waals surface area (Å²) < 4.78 is 7.50. The van der Waals surface area contributed by atoms with E-state index in [9.17, 15) is 15.0 Å². The van der Waals surface area contributed by atoms with E-state index in [0.29, 0.717) is 10.2 Å². The van der Waals surface area contributed by atoms with Crippen molar-refractivity contribution in [3.63, 3.8) is 0 Å². The van der Waals surface area contributed by atoms with E-state index in [2.05, 4.69) is 4.98 Å². The molecule has 7 nitrogen and oxygen atoms in total. The lowest BCUT2D eigenvalue weighted by Crippen LogP contribution is -2.63. The molecule has 0 unspecified atom stereocenters. The minimum Gasteiger partial charge on any atom is -0.394 e. The first-order chi connectivity index (χ1) is 10.3. The van der Waals surface area contributed by atoms with Crippen LogP contribution in [-0.2, 0) is 10.1 Å². The molecule has 130 valence electrons. The number of hydrogen-bond acceptors (Lipinski definition) is 6. The van der Waals surface area contributed by atoms with Gasteiger partial charge in [0.05, 0.1) is 16.8 Å². The highest BCUT2D eigenvalue weighted by atomic mass is 28.1. The van der Waals surface area contributed by atoms with Crippen molar-refractivity contribution in [2.45, 2.75) is 51.7 Å². The Kier molecular flexibility index (Phi) is 4.05. The van der Waals surface area contributed by atoms with Crippen molar-refractivity contribution < 1.29 is 14.9 Å². The highest BCUT2D eigenvalue weighted by Gasteiger charge is 2.71. The Bertz CT molecular complexity index is 669. The Morgan fingerprint density at radius 1 is 1.48 bits per heavy atom. The second-order valence-electron chi connectivity index (χ2n) is 7.92. The molecule has 3 atom stereocenters. The van der Waals surface area contributed by atoms with Crippen LogP contribution in [0.2, 0.25) is 0 Å². The lowest BCUT2D eigenvalue weighted by atomic mass is 9.60. The molecule has 1 aromatic rings. The van der Waals surface area contributed by atoms with Crippen molar-refractivity contribution in [1.82, 2.24) is 9.55 Å². The third kappa shape index (κ3) is 2.19. The van der Waals surface area contributed by atoms with E-state index in [-0.39, 0.29) is 12.4 Å². The van der Waals surface area contributed by atoms with Crippen LogP contribution in [0.5, 0.6) is 0 Å². The Morgan fingerprint density at radius 3 is 2.43 bits per heavy atom. The van der Waals surface area contributed by atoms with E-state index in [1.807, 2.05) is 34.6 Å². The van der Waals surface area contributed by atoms with Crippen LogP contribution >= 0.6 is 0 Å². The number of nitrogens with zero attached hydrogens (tertiary/aromatic N) is 2. The minimum absolute atomic E-state index is 0.136. The van der Waals surface area contributed by atoms with Gasteiger partial charge in [0.1, 0.15) is 22.9 Å². The van der Waals surface area contributed by atoms with Crippen LogP contribution in [0.1, 0.15) is 34.6 Å². The molecule has 4 N–H and O–H groups in total. The van der Waals surface area contributed by atoms with Crippen LogP contribution in [-0.4, -0.2) is 48.3 Å². The first-order valence-electron chi connectivity index (χ1n) is 7.69. The molecule has 1 aliphatic heterocycles. The predicted octanol–water partition coefficient (Wildman–Crippen LogP) is -1.00. The molecule has 1 aliphatic rings. The molecule has 0 aromatic carbocycles. The third-order valence-corrected chi connectivity index (χ3v) is 7.51. The summed E-state index contributed by atoms with van der Waals surface area (Å²) >= 11 is 0. The first-order valence-corrected chi connectivity index (χ1v) is 8.69. The molecule has 2 rings (SSSR count). The second kappa shape index (κ2) is 5.14. The van der Waals surface area contributed by atoms with Gasteiger partial charge < -0.3 is 20.7 Å². The normalized spacial score (nSPS) is 34.0. The molecular weight excluding hydrogens is 314 g/mol. The SMILES string of the molecule is CC(C)(C)[C@@]1(O)[C@@H](CO)O[C@@]([SiH3])(n2ccc(N)nc2=O)C1(C)C. The van der Waals surface area contributed by atoms with Gasteiger partial charge in [-0.25, -0.2) is 4.79 Å². The molecular formula is C15H27N3O4Si. The third-order valence-electron chi connectivity index (χ3n) is 5.54. The highest BCUT2D eigenvalue weighted by Crippen LogP contribution is 2.59. The summed E-state index contributed by atoms with van der Waals surface area (Å²) in [6.07, 6.45) is 0.738. The van der Waals surface area contributed by atoms with Crippen molar-refractivity contribution in [3.05, 3.63) is 22.7 Å². The van der Waals surface area contributed by atoms with Crippen molar-refractivity contribution in [2.75, 3.05) is 12.3 Å². The molecule has 23 heavy (non-hydrogen) atoms. The molecule has 1 aromatic heterocycles. The molecule has 1 saturated heterocycles. The maximum absolute atomic E-state index is 12.3. The standard InChI is InChI=1S/C15H27N3O4Si/c1-12(2,3)14(21)9(8-19)22-15(23,13(14,4)5)18-7-6-10(16)17-11(18)20/h6-7,9,19,21H,8H2,1-5,23H3,(H2,16,17,20)/t9-,14+,15+/m1/s1. The van der Waals surface area contributed by atoms with Gasteiger partial charge in [-0.1, -0.05) is 34.6 Å². The largest absolute Gasteiger partial charge is 0.394 e. The average Bonchev–Trinajstić information content (AvgIpc) is 2.57. The lowest BCUT2D eigenvalue weighted by Gasteiger charge is -2.51. The van der Waals surface area contributed by atoms with Crippen molar-refractivity contribution in [3.8, 4) is 0 Å².